The van der Waals surface area contributed by atoms with Gasteiger partial charge in [0.2, 0.25) is 0 Å². The van der Waals surface area contributed by atoms with Gasteiger partial charge in [-0.2, -0.15) is 26.3 Å². The maximum Gasteiger partial charge on any atom is 0.419 e. The number of rotatable bonds is 2. The molecule has 1 aliphatic heterocycles. The Kier molecular flexibility index (Phi) is 7.01. The maximum absolute atomic E-state index is 13.9. The number of carbonyl (C=O) groups is 2. The summed E-state index contributed by atoms with van der Waals surface area (Å²) in [5.41, 5.74) is -1.92. The maximum atomic E-state index is 13.9. The largest absolute Gasteiger partial charge is 0.419 e. The van der Waals surface area contributed by atoms with Crippen LogP contribution in [0.15, 0.2) is 36.4 Å². The van der Waals surface area contributed by atoms with E-state index in [-0.39, 0.29) is 47.3 Å². The summed E-state index contributed by atoms with van der Waals surface area (Å²) in [6.45, 7) is 0. The van der Waals surface area contributed by atoms with Crippen molar-refractivity contribution in [1.29, 1.82) is 0 Å². The van der Waals surface area contributed by atoms with E-state index in [1.54, 1.807) is 0 Å². The van der Waals surface area contributed by atoms with E-state index in [0.717, 1.165) is 24.3 Å². The Bertz CT molecular complexity index is 1390. The zero-order valence-electron chi connectivity index (χ0n) is 23.3. The number of nitrogens with one attached hydrogen (secondary N) is 2. The van der Waals surface area contributed by atoms with Gasteiger partial charge >= 0.3 is 12.4 Å². The number of Topliss-reactive ketones (excluding diaryl/α,β-unsaturated/α-hetero) is 2. The molecule has 2 aromatic rings. The number of hydrogen-bond donors (Lipinski definition) is 2. The molecule has 10 atom stereocenters. The highest BCUT2D eigenvalue weighted by atomic mass is 19.4. The minimum Gasteiger partial charge on any atom is -0.301 e. The fraction of sp³-hybridized carbons (Fsp3) is 0.562. The highest BCUT2D eigenvalue weighted by molar-refractivity contribution is 5.94. The van der Waals surface area contributed by atoms with Crippen LogP contribution in [-0.2, 0) is 21.9 Å². The molecule has 236 valence electrons. The van der Waals surface area contributed by atoms with Crippen LogP contribution in [0.5, 0.6) is 0 Å². The van der Waals surface area contributed by atoms with Crippen molar-refractivity contribution in [3.8, 4) is 0 Å². The topological polar surface area (TPSA) is 58.2 Å². The van der Waals surface area contributed by atoms with Gasteiger partial charge in [-0.1, -0.05) is 12.1 Å². The number of carbonyl (C=O) groups excluding carboxylic acids is 2. The van der Waals surface area contributed by atoms with Crippen molar-refractivity contribution in [3.05, 3.63) is 70.3 Å². The van der Waals surface area contributed by atoms with Crippen molar-refractivity contribution < 1.29 is 44.7 Å². The van der Waals surface area contributed by atoms with Gasteiger partial charge < -0.3 is 10.6 Å². The molecule has 0 radical (unpaired) electrons. The highest BCUT2D eigenvalue weighted by Crippen LogP contribution is 2.52. The average Bonchev–Trinajstić information content (AvgIpc) is 3.41. The Morgan fingerprint density at radius 2 is 0.977 bits per heavy atom. The lowest BCUT2D eigenvalue weighted by atomic mass is 9.72. The standard InChI is InChI=1S/C32H30F8N2O2/c33-23-7-3-15(11-21(23)31(35,36)37)13-1-5-17-19(9-13)29(43)27-25(17)41-28-26(42-27)18-6-2-14(10-20(18)30(28)44)16-4-8-24(34)22(12-16)32(38,39)40/h3-4,7-8,11-14,17-20,25-28,41-42H,1-2,5-6,9-10H2. The van der Waals surface area contributed by atoms with Gasteiger partial charge in [0.1, 0.15) is 11.6 Å². The van der Waals surface area contributed by atoms with Crippen LogP contribution < -0.4 is 10.6 Å². The van der Waals surface area contributed by atoms with Crippen LogP contribution in [0.4, 0.5) is 35.1 Å². The molecule has 7 rings (SSSR count). The molecule has 5 fully saturated rings. The average molecular weight is 627 g/mol. The molecule has 12 heteroatoms. The van der Waals surface area contributed by atoms with E-state index in [1.807, 2.05) is 0 Å². The Hall–Kier alpha value is -2.86. The molecule has 0 spiro atoms. The van der Waals surface area contributed by atoms with Gasteiger partial charge in [0.05, 0.1) is 23.2 Å². The summed E-state index contributed by atoms with van der Waals surface area (Å²) in [5.74, 6) is -4.44. The van der Waals surface area contributed by atoms with Gasteiger partial charge in [0, 0.05) is 23.9 Å². The van der Waals surface area contributed by atoms with Gasteiger partial charge in [-0.25, -0.2) is 8.78 Å². The molecule has 4 aliphatic carbocycles. The molecule has 0 bridgehead atoms. The first kappa shape index (κ1) is 29.8. The van der Waals surface area contributed by atoms with Gasteiger partial charge in [-0.15, -0.1) is 0 Å². The summed E-state index contributed by atoms with van der Waals surface area (Å²) in [7, 11) is 0. The minimum atomic E-state index is -4.82. The van der Waals surface area contributed by atoms with Crippen LogP contribution in [-0.4, -0.2) is 35.7 Å². The summed E-state index contributed by atoms with van der Waals surface area (Å²) in [5, 5.41) is 6.93. The van der Waals surface area contributed by atoms with Crippen LogP contribution in [0.2, 0.25) is 0 Å². The quantitative estimate of drug-likeness (QED) is 0.372. The van der Waals surface area contributed by atoms with Crippen LogP contribution in [0.25, 0.3) is 0 Å². The van der Waals surface area contributed by atoms with E-state index in [9.17, 15) is 44.7 Å². The molecule has 4 saturated carbocycles. The molecular formula is C32H30F8N2O2. The number of piperazine rings is 1. The van der Waals surface area contributed by atoms with Crippen molar-refractivity contribution >= 4 is 11.6 Å². The van der Waals surface area contributed by atoms with Gasteiger partial charge in [0.25, 0.3) is 0 Å². The summed E-state index contributed by atoms with van der Waals surface area (Å²) < 4.78 is 108. The second-order valence-electron chi connectivity index (χ2n) is 13.2. The van der Waals surface area contributed by atoms with Gasteiger partial charge in [-0.3, -0.25) is 9.59 Å². The third-order valence-electron chi connectivity index (χ3n) is 11.1. The zero-order valence-corrected chi connectivity index (χ0v) is 23.3. The molecule has 4 nitrogen and oxygen atoms in total. The van der Waals surface area contributed by atoms with E-state index in [2.05, 4.69) is 10.6 Å². The Labute approximate surface area is 248 Å². The molecule has 44 heavy (non-hydrogen) atoms. The first-order chi connectivity index (χ1) is 20.7. The summed E-state index contributed by atoms with van der Waals surface area (Å²) in [6.07, 6.45) is -6.80. The zero-order chi connectivity index (χ0) is 31.3. The lowest BCUT2D eigenvalue weighted by molar-refractivity contribution is -0.140. The lowest BCUT2D eigenvalue weighted by Gasteiger charge is -2.41. The van der Waals surface area contributed by atoms with Crippen LogP contribution in [0.3, 0.4) is 0 Å². The second kappa shape index (κ2) is 10.3. The molecule has 2 N–H and O–H groups in total. The summed E-state index contributed by atoms with van der Waals surface area (Å²) in [6, 6.07) is 4.30. The highest BCUT2D eigenvalue weighted by Gasteiger charge is 2.61. The smallest absolute Gasteiger partial charge is 0.301 e. The lowest BCUT2D eigenvalue weighted by Crippen LogP contribution is -2.67. The van der Waals surface area contributed by atoms with Crippen molar-refractivity contribution in [2.24, 2.45) is 23.7 Å². The van der Waals surface area contributed by atoms with E-state index >= 15 is 0 Å². The Balaban J connectivity index is 1.06. The number of ketones is 2. The number of benzene rings is 2. The molecule has 5 aliphatic rings. The fourth-order valence-electron chi connectivity index (χ4n) is 9.07. The van der Waals surface area contributed by atoms with Crippen LogP contribution in [0, 0.1) is 35.3 Å². The molecule has 10 unspecified atom stereocenters. The third-order valence-corrected chi connectivity index (χ3v) is 11.1. The van der Waals surface area contributed by atoms with Gasteiger partial charge in [0.15, 0.2) is 11.6 Å². The number of hydrogen-bond acceptors (Lipinski definition) is 4. The number of fused-ring (bicyclic) bond motifs is 6. The molecule has 1 heterocycles. The number of halogens is 8. The van der Waals surface area contributed by atoms with E-state index in [4.69, 9.17) is 0 Å². The van der Waals surface area contributed by atoms with E-state index < -0.39 is 59.0 Å². The molecular weight excluding hydrogens is 596 g/mol. The fourth-order valence-corrected chi connectivity index (χ4v) is 9.07. The third kappa shape index (κ3) is 4.78. The summed E-state index contributed by atoms with van der Waals surface area (Å²) >= 11 is 0. The molecule has 0 amide bonds. The Morgan fingerprint density at radius 1 is 0.591 bits per heavy atom. The van der Waals surface area contributed by atoms with E-state index in [1.165, 1.54) is 12.1 Å². The predicted molar refractivity (Wildman–Crippen MR) is 141 cm³/mol. The molecule has 2 aromatic carbocycles. The van der Waals surface area contributed by atoms with Crippen LogP contribution in [0.1, 0.15) is 72.6 Å². The summed E-state index contributed by atoms with van der Waals surface area (Å²) in [4.78, 5) is 27.4. The van der Waals surface area contributed by atoms with Crippen molar-refractivity contribution in [3.63, 3.8) is 0 Å². The number of alkyl halides is 6. The first-order valence-corrected chi connectivity index (χ1v) is 15.0. The minimum absolute atomic E-state index is 0.0376. The van der Waals surface area contributed by atoms with E-state index in [0.29, 0.717) is 49.7 Å². The molecule has 0 aromatic heterocycles. The second-order valence-corrected chi connectivity index (χ2v) is 13.2. The van der Waals surface area contributed by atoms with Crippen molar-refractivity contribution in [2.75, 3.05) is 0 Å². The Morgan fingerprint density at radius 3 is 1.34 bits per heavy atom. The predicted octanol–water partition coefficient (Wildman–Crippen LogP) is 6.54. The van der Waals surface area contributed by atoms with Gasteiger partial charge in [-0.05, 0) is 97.6 Å². The normalized spacial score (nSPS) is 36.9. The first-order valence-electron chi connectivity index (χ1n) is 15.0. The van der Waals surface area contributed by atoms with Crippen molar-refractivity contribution in [2.45, 2.75) is 86.9 Å². The van der Waals surface area contributed by atoms with Crippen LogP contribution >= 0.6 is 0 Å². The molecule has 1 saturated heterocycles. The SMILES string of the molecule is O=C1C2CC(c3ccc(F)c(C(F)(F)F)c3)CCC2C2NC3C(=O)C4CC(c5ccc(F)c(C(F)(F)F)c5)CCC4C3NC12. The monoisotopic (exact) mass is 626 g/mol. The van der Waals surface area contributed by atoms with Crippen molar-refractivity contribution in [1.82, 2.24) is 10.6 Å².